The van der Waals surface area contributed by atoms with E-state index in [1.165, 1.54) is 18.9 Å². The number of benzene rings is 2. The Morgan fingerprint density at radius 3 is 2.65 bits per heavy atom. The van der Waals surface area contributed by atoms with E-state index in [-0.39, 0.29) is 5.91 Å². The van der Waals surface area contributed by atoms with Crippen molar-refractivity contribution in [3.8, 4) is 5.75 Å². The average molecular weight is 424 g/mol. The van der Waals surface area contributed by atoms with Crippen LogP contribution < -0.4 is 4.74 Å². The Balaban J connectivity index is 1.81. The van der Waals surface area contributed by atoms with Crippen molar-refractivity contribution in [2.75, 3.05) is 13.7 Å². The lowest BCUT2D eigenvalue weighted by Gasteiger charge is -2.14. The second-order valence-corrected chi connectivity index (χ2v) is 8.10. The van der Waals surface area contributed by atoms with Crippen LogP contribution in [0, 0.1) is 0 Å². The summed E-state index contributed by atoms with van der Waals surface area (Å²) in [7, 11) is 1.53. The smallest absolute Gasteiger partial charge is 0.266 e. The zero-order chi connectivity index (χ0) is 18.7. The van der Waals surface area contributed by atoms with E-state index < -0.39 is 0 Å². The van der Waals surface area contributed by atoms with Crippen LogP contribution >= 0.6 is 47.2 Å². The summed E-state index contributed by atoms with van der Waals surface area (Å²) in [5.41, 5.74) is 1.81. The highest BCUT2D eigenvalue weighted by atomic mass is 35.5. The molecule has 1 aliphatic rings. The molecule has 0 spiro atoms. The highest BCUT2D eigenvalue weighted by Gasteiger charge is 2.32. The molecular weight excluding hydrogens is 409 g/mol. The van der Waals surface area contributed by atoms with Crippen molar-refractivity contribution >= 4 is 63.5 Å². The Kier molecular flexibility index (Phi) is 6.24. The fourth-order valence-corrected chi connectivity index (χ4v) is 4.51. The van der Waals surface area contributed by atoms with Gasteiger partial charge in [0, 0.05) is 17.1 Å². The SMILES string of the molecule is COc1c(Cl)cc(Cl)cc1/C=C1\SC(=S)N(CCc2ccccc2)C1=O. The lowest BCUT2D eigenvalue weighted by Crippen LogP contribution is -2.30. The van der Waals surface area contributed by atoms with Gasteiger partial charge < -0.3 is 4.74 Å². The van der Waals surface area contributed by atoms with Gasteiger partial charge in [-0.05, 0) is 30.2 Å². The van der Waals surface area contributed by atoms with Crippen LogP contribution in [0.2, 0.25) is 10.0 Å². The Morgan fingerprint density at radius 1 is 1.23 bits per heavy atom. The van der Waals surface area contributed by atoms with Gasteiger partial charge in [-0.2, -0.15) is 0 Å². The van der Waals surface area contributed by atoms with Crippen LogP contribution in [0.5, 0.6) is 5.75 Å². The Labute approximate surface area is 171 Å². The number of rotatable bonds is 5. The second kappa shape index (κ2) is 8.44. The molecular formula is C19H15Cl2NO2S2. The molecule has 1 amide bonds. The first-order valence-corrected chi connectivity index (χ1v) is 9.80. The molecule has 2 aromatic rings. The van der Waals surface area contributed by atoms with Crippen LogP contribution in [0.1, 0.15) is 11.1 Å². The maximum Gasteiger partial charge on any atom is 0.266 e. The normalized spacial score (nSPS) is 15.8. The van der Waals surface area contributed by atoms with E-state index >= 15 is 0 Å². The van der Waals surface area contributed by atoms with Gasteiger partial charge in [-0.3, -0.25) is 9.69 Å². The molecule has 1 heterocycles. The standard InChI is InChI=1S/C19H15Cl2NO2S2/c1-24-17-13(9-14(20)11-15(17)21)10-16-18(23)22(19(25)26-16)8-7-12-5-3-2-4-6-12/h2-6,9-11H,7-8H2,1H3/b16-10-. The number of carbonyl (C=O) groups is 1. The topological polar surface area (TPSA) is 29.5 Å². The van der Waals surface area contributed by atoms with E-state index in [0.717, 1.165) is 12.0 Å². The third kappa shape index (κ3) is 4.23. The van der Waals surface area contributed by atoms with Crippen molar-refractivity contribution < 1.29 is 9.53 Å². The first-order valence-electron chi connectivity index (χ1n) is 7.82. The predicted octanol–water partition coefficient (Wildman–Crippen LogP) is 5.45. The largest absolute Gasteiger partial charge is 0.495 e. The maximum atomic E-state index is 12.8. The molecule has 0 bridgehead atoms. The predicted molar refractivity (Wildman–Crippen MR) is 113 cm³/mol. The van der Waals surface area contributed by atoms with Crippen LogP contribution in [-0.2, 0) is 11.2 Å². The minimum absolute atomic E-state index is 0.117. The molecule has 1 saturated heterocycles. The first kappa shape index (κ1) is 19.2. The molecule has 1 fully saturated rings. The molecule has 26 heavy (non-hydrogen) atoms. The number of nitrogens with zero attached hydrogens (tertiary/aromatic N) is 1. The summed E-state index contributed by atoms with van der Waals surface area (Å²) in [5, 5.41) is 0.868. The Bertz CT molecular complexity index is 885. The quantitative estimate of drug-likeness (QED) is 0.472. The minimum atomic E-state index is -0.117. The molecule has 0 saturated carbocycles. The molecule has 0 aromatic heterocycles. The lowest BCUT2D eigenvalue weighted by molar-refractivity contribution is -0.122. The monoisotopic (exact) mass is 423 g/mol. The van der Waals surface area contributed by atoms with Crippen molar-refractivity contribution in [2.24, 2.45) is 0 Å². The number of thiocarbonyl (C=S) groups is 1. The van der Waals surface area contributed by atoms with Crippen molar-refractivity contribution in [3.05, 3.63) is 68.5 Å². The molecule has 0 atom stereocenters. The summed E-state index contributed by atoms with van der Waals surface area (Å²) in [6.45, 7) is 0.541. The first-order chi connectivity index (χ1) is 12.5. The zero-order valence-corrected chi connectivity index (χ0v) is 17.0. The van der Waals surface area contributed by atoms with E-state index in [1.54, 1.807) is 23.1 Å². The highest BCUT2D eigenvalue weighted by Crippen LogP contribution is 2.38. The molecule has 0 unspecified atom stereocenters. The maximum absolute atomic E-state index is 12.8. The van der Waals surface area contributed by atoms with E-state index in [9.17, 15) is 4.79 Å². The van der Waals surface area contributed by atoms with Crippen LogP contribution in [0.15, 0.2) is 47.4 Å². The number of amides is 1. The van der Waals surface area contributed by atoms with Crippen molar-refractivity contribution in [1.29, 1.82) is 0 Å². The van der Waals surface area contributed by atoms with Gasteiger partial charge in [-0.1, -0.05) is 77.5 Å². The summed E-state index contributed by atoms with van der Waals surface area (Å²) in [6, 6.07) is 13.3. The molecule has 134 valence electrons. The molecule has 2 aromatic carbocycles. The molecule has 0 radical (unpaired) electrons. The third-order valence-electron chi connectivity index (χ3n) is 3.87. The summed E-state index contributed by atoms with van der Waals surface area (Å²) in [6.07, 6.45) is 2.46. The summed E-state index contributed by atoms with van der Waals surface area (Å²) < 4.78 is 5.88. The van der Waals surface area contributed by atoms with Crippen molar-refractivity contribution in [3.63, 3.8) is 0 Å². The number of carbonyl (C=O) groups excluding carboxylic acids is 1. The van der Waals surface area contributed by atoms with E-state index in [4.69, 9.17) is 40.2 Å². The number of halogens is 2. The lowest BCUT2D eigenvalue weighted by atomic mass is 10.1. The van der Waals surface area contributed by atoms with E-state index in [0.29, 0.717) is 37.1 Å². The van der Waals surface area contributed by atoms with E-state index in [1.807, 2.05) is 30.3 Å². The Morgan fingerprint density at radius 2 is 1.96 bits per heavy atom. The fraction of sp³-hybridized carbons (Fsp3) is 0.158. The highest BCUT2D eigenvalue weighted by molar-refractivity contribution is 8.26. The molecule has 0 aliphatic carbocycles. The minimum Gasteiger partial charge on any atom is -0.495 e. The molecule has 0 N–H and O–H groups in total. The van der Waals surface area contributed by atoms with Crippen molar-refractivity contribution in [1.82, 2.24) is 4.90 Å². The van der Waals surface area contributed by atoms with Crippen LogP contribution in [0.25, 0.3) is 6.08 Å². The van der Waals surface area contributed by atoms with Gasteiger partial charge in [-0.25, -0.2) is 0 Å². The average Bonchev–Trinajstić information content (AvgIpc) is 2.87. The Hall–Kier alpha value is -1.53. The summed E-state index contributed by atoms with van der Waals surface area (Å²) in [5.74, 6) is 0.361. The molecule has 3 nitrogen and oxygen atoms in total. The van der Waals surface area contributed by atoms with Gasteiger partial charge in [0.25, 0.3) is 5.91 Å². The van der Waals surface area contributed by atoms with Gasteiger partial charge in [0.05, 0.1) is 17.0 Å². The molecule has 3 rings (SSSR count). The number of hydrogen-bond donors (Lipinski definition) is 0. The summed E-state index contributed by atoms with van der Waals surface area (Å²) in [4.78, 5) is 14.9. The fourth-order valence-electron chi connectivity index (χ4n) is 2.62. The molecule has 1 aliphatic heterocycles. The van der Waals surface area contributed by atoms with Crippen LogP contribution in [0.3, 0.4) is 0 Å². The van der Waals surface area contributed by atoms with Gasteiger partial charge in [0.1, 0.15) is 10.1 Å². The number of thioether (sulfide) groups is 1. The van der Waals surface area contributed by atoms with E-state index in [2.05, 4.69) is 0 Å². The molecule has 7 heteroatoms. The third-order valence-corrected chi connectivity index (χ3v) is 5.75. The number of methoxy groups -OCH3 is 1. The van der Waals surface area contributed by atoms with Gasteiger partial charge in [0.2, 0.25) is 0 Å². The number of hydrogen-bond acceptors (Lipinski definition) is 4. The zero-order valence-electron chi connectivity index (χ0n) is 13.9. The van der Waals surface area contributed by atoms with Crippen molar-refractivity contribution in [2.45, 2.75) is 6.42 Å². The van der Waals surface area contributed by atoms with Gasteiger partial charge >= 0.3 is 0 Å². The van der Waals surface area contributed by atoms with Crippen LogP contribution in [0.4, 0.5) is 0 Å². The van der Waals surface area contributed by atoms with Gasteiger partial charge in [-0.15, -0.1) is 0 Å². The van der Waals surface area contributed by atoms with Gasteiger partial charge in [0.15, 0.2) is 0 Å². The summed E-state index contributed by atoms with van der Waals surface area (Å²) >= 11 is 18.9. The second-order valence-electron chi connectivity index (χ2n) is 5.58. The van der Waals surface area contributed by atoms with Crippen LogP contribution in [-0.4, -0.2) is 28.8 Å². The number of ether oxygens (including phenoxy) is 1.